The van der Waals surface area contributed by atoms with E-state index in [4.69, 9.17) is 11.5 Å². The van der Waals surface area contributed by atoms with Crippen molar-refractivity contribution < 1.29 is 4.79 Å². The second-order valence-corrected chi connectivity index (χ2v) is 21.9. The third-order valence-electron chi connectivity index (χ3n) is 15.8. The number of piperidine rings is 2. The zero-order valence-electron chi connectivity index (χ0n) is 36.4. The van der Waals surface area contributed by atoms with Crippen molar-refractivity contribution in [3.63, 3.8) is 0 Å². The number of thiazole rings is 2. The van der Waals surface area contributed by atoms with Crippen LogP contribution < -0.4 is 11.5 Å². The van der Waals surface area contributed by atoms with Gasteiger partial charge in [0.2, 0.25) is 0 Å². The summed E-state index contributed by atoms with van der Waals surface area (Å²) >= 11 is 3.43. The minimum atomic E-state index is 0.114. The molecule has 2 unspecified atom stereocenters. The van der Waals surface area contributed by atoms with Crippen LogP contribution in [0.5, 0.6) is 0 Å². The molecule has 0 aromatic carbocycles. The molecular formula is C47H78N8OS2. The van der Waals surface area contributed by atoms with E-state index in [0.29, 0.717) is 41.5 Å². The molecule has 4 atom stereocenters. The van der Waals surface area contributed by atoms with Gasteiger partial charge in [-0.2, -0.15) is 0 Å². The van der Waals surface area contributed by atoms with Gasteiger partial charge in [-0.1, -0.05) is 52.4 Å². The third kappa shape index (κ3) is 10.3. The van der Waals surface area contributed by atoms with Crippen molar-refractivity contribution in [1.29, 1.82) is 0 Å². The fourth-order valence-electron chi connectivity index (χ4n) is 12.8. The second-order valence-electron chi connectivity index (χ2n) is 19.7. The van der Waals surface area contributed by atoms with E-state index in [0.717, 1.165) is 62.1 Å². The first-order chi connectivity index (χ1) is 28.4. The predicted octanol–water partition coefficient (Wildman–Crippen LogP) is 8.49. The number of carbonyl (C=O) groups excluding carboxylic acids is 1. The van der Waals surface area contributed by atoms with Gasteiger partial charge < -0.3 is 11.5 Å². The molecule has 6 aliphatic rings. The molecule has 0 amide bonds. The molecule has 2 aliphatic heterocycles. The molecule has 58 heavy (non-hydrogen) atoms. The maximum atomic E-state index is 15.6. The van der Waals surface area contributed by atoms with Crippen molar-refractivity contribution in [3.05, 3.63) is 21.1 Å². The number of nitrogens with zero attached hydrogens (tertiary/aromatic N) is 6. The Kier molecular flexibility index (Phi) is 15.2. The molecule has 4 aliphatic carbocycles. The monoisotopic (exact) mass is 835 g/mol. The van der Waals surface area contributed by atoms with E-state index in [1.807, 2.05) is 0 Å². The van der Waals surface area contributed by atoms with E-state index in [1.54, 1.807) is 22.7 Å². The molecule has 2 saturated heterocycles. The summed E-state index contributed by atoms with van der Waals surface area (Å²) in [5, 5.41) is 1.48. The number of aromatic nitrogens is 2. The molecule has 4 fully saturated rings. The Morgan fingerprint density at radius 1 is 0.621 bits per heavy atom. The van der Waals surface area contributed by atoms with Crippen molar-refractivity contribution >= 4 is 38.7 Å². The van der Waals surface area contributed by atoms with Gasteiger partial charge in [-0.25, -0.2) is 9.97 Å². The van der Waals surface area contributed by atoms with Crippen molar-refractivity contribution in [2.45, 2.75) is 179 Å². The van der Waals surface area contributed by atoms with Crippen LogP contribution in [0.3, 0.4) is 0 Å². The zero-order valence-corrected chi connectivity index (χ0v) is 38.0. The quantitative estimate of drug-likeness (QED) is 0.172. The number of likely N-dealkylation sites (tertiary alicyclic amines) is 2. The first-order valence-corrected chi connectivity index (χ1v) is 26.0. The Morgan fingerprint density at radius 3 is 1.40 bits per heavy atom. The molecule has 2 saturated carbocycles. The fraction of sp³-hybridized carbons (Fsp3) is 0.851. The first-order valence-electron chi connectivity index (χ1n) is 24.3. The average molecular weight is 835 g/mol. The summed E-state index contributed by atoms with van der Waals surface area (Å²) in [5.74, 6) is 3.14. The number of hydrogen-bond donors (Lipinski definition) is 2. The number of carbonyl (C=O) groups is 1. The van der Waals surface area contributed by atoms with Gasteiger partial charge in [0.25, 0.3) is 0 Å². The number of Topliss-reactive ketones (excluding diaryl/α,β-unsaturated/α-hetero) is 1. The van der Waals surface area contributed by atoms with Crippen LogP contribution in [0.4, 0.5) is 10.3 Å². The van der Waals surface area contributed by atoms with Crippen LogP contribution in [0, 0.1) is 23.7 Å². The number of nitrogen functional groups attached to an aromatic ring is 2. The van der Waals surface area contributed by atoms with Crippen LogP contribution in [-0.2, 0) is 30.5 Å². The lowest BCUT2D eigenvalue weighted by Gasteiger charge is -2.48. The summed E-state index contributed by atoms with van der Waals surface area (Å²) in [6, 6.07) is 1.44. The number of fused-ring (bicyclic) bond motifs is 2. The van der Waals surface area contributed by atoms with E-state index < -0.39 is 0 Å². The van der Waals surface area contributed by atoms with Crippen LogP contribution >= 0.6 is 22.7 Å². The molecule has 11 heteroatoms. The molecule has 0 spiro atoms. The highest BCUT2D eigenvalue weighted by molar-refractivity contribution is 7.15. The molecule has 4 heterocycles. The molecule has 8 rings (SSSR count). The van der Waals surface area contributed by atoms with Gasteiger partial charge in [-0.15, -0.1) is 22.7 Å². The minimum Gasteiger partial charge on any atom is -0.375 e. The molecule has 324 valence electrons. The van der Waals surface area contributed by atoms with Crippen LogP contribution in [-0.4, -0.2) is 112 Å². The topological polar surface area (TPSA) is 108 Å². The summed E-state index contributed by atoms with van der Waals surface area (Å²) in [5.41, 5.74) is 14.8. The molecule has 2 aromatic heterocycles. The van der Waals surface area contributed by atoms with Crippen LogP contribution in [0.1, 0.15) is 151 Å². The van der Waals surface area contributed by atoms with Crippen molar-refractivity contribution in [3.8, 4) is 0 Å². The smallest absolute Gasteiger partial charge is 0.180 e. The molecule has 4 N–H and O–H groups in total. The zero-order chi connectivity index (χ0) is 40.0. The SMILES string of the molecule is CCCN(CC1CCN([C@H](C(=O)[C@H](C2CCCCC2)N2CCC(CN(CCC)C3CCc4nc(N)sc4C3)CC2)C2CCCCC2)CC1)C1CCc2nc(N)sc2C1. The Labute approximate surface area is 359 Å². The average Bonchev–Trinajstić information content (AvgIpc) is 3.82. The van der Waals surface area contributed by atoms with E-state index >= 15 is 4.79 Å². The Bertz CT molecular complexity index is 1470. The molecule has 9 nitrogen and oxygen atoms in total. The third-order valence-corrected chi connectivity index (χ3v) is 17.7. The Morgan fingerprint density at radius 2 is 1.02 bits per heavy atom. The summed E-state index contributed by atoms with van der Waals surface area (Å²) in [6.07, 6.45) is 27.0. The van der Waals surface area contributed by atoms with Crippen LogP contribution in [0.2, 0.25) is 0 Å². The standard InChI is InChI=1S/C47H78N8OS2/c1-3-23-54(37-15-17-39-41(29-37)57-46(48)50-39)31-33-19-25-52(26-20-33)43(35-11-7-5-8-12-35)45(56)44(36-13-9-6-10-14-36)53-27-21-34(22-28-53)32-55(24-4-2)38-16-18-40-42(30-38)58-47(49)51-40/h33-38,43-44H,3-32H2,1-2H3,(H2,48,50)(H2,49,51)/t37?,38?,43-,44-/m0/s1. The lowest BCUT2D eigenvalue weighted by molar-refractivity contribution is -0.136. The van der Waals surface area contributed by atoms with Gasteiger partial charge >= 0.3 is 0 Å². The second kappa shape index (κ2) is 20.5. The maximum Gasteiger partial charge on any atom is 0.180 e. The summed E-state index contributed by atoms with van der Waals surface area (Å²) < 4.78 is 0. The van der Waals surface area contributed by atoms with Gasteiger partial charge in [0, 0.05) is 34.9 Å². The van der Waals surface area contributed by atoms with Crippen LogP contribution in [0.15, 0.2) is 0 Å². The summed E-state index contributed by atoms with van der Waals surface area (Å²) in [4.78, 5) is 38.9. The van der Waals surface area contributed by atoms with Crippen LogP contribution in [0.25, 0.3) is 0 Å². The van der Waals surface area contributed by atoms with Gasteiger partial charge in [0.05, 0.1) is 23.5 Å². The first kappa shape index (κ1) is 43.0. The largest absolute Gasteiger partial charge is 0.375 e. The minimum absolute atomic E-state index is 0.114. The van der Waals surface area contributed by atoms with Gasteiger partial charge in [-0.05, 0) is 166 Å². The normalized spacial score (nSPS) is 26.2. The lowest BCUT2D eigenvalue weighted by Crippen LogP contribution is -2.59. The molecule has 0 bridgehead atoms. The summed E-state index contributed by atoms with van der Waals surface area (Å²) in [7, 11) is 0. The van der Waals surface area contributed by atoms with Gasteiger partial charge in [-0.3, -0.25) is 24.4 Å². The Hall–Kier alpha value is -1.63. The highest BCUT2D eigenvalue weighted by atomic mass is 32.1. The highest BCUT2D eigenvalue weighted by Crippen LogP contribution is 2.39. The van der Waals surface area contributed by atoms with Crippen molar-refractivity contribution in [1.82, 2.24) is 29.6 Å². The Balaban J connectivity index is 0.920. The van der Waals surface area contributed by atoms with E-state index in [-0.39, 0.29) is 12.1 Å². The number of hydrogen-bond acceptors (Lipinski definition) is 11. The number of anilines is 2. The van der Waals surface area contributed by atoms with Gasteiger partial charge in [0.1, 0.15) is 0 Å². The highest BCUT2D eigenvalue weighted by Gasteiger charge is 2.45. The van der Waals surface area contributed by atoms with E-state index in [9.17, 15) is 0 Å². The molecule has 0 radical (unpaired) electrons. The maximum absolute atomic E-state index is 15.6. The lowest BCUT2D eigenvalue weighted by atomic mass is 9.74. The number of nitrogens with two attached hydrogens (primary N) is 2. The summed E-state index contributed by atoms with van der Waals surface area (Å²) in [6.45, 7) is 13.8. The van der Waals surface area contributed by atoms with Crippen molar-refractivity contribution in [2.75, 3.05) is 63.8 Å². The number of aryl methyl sites for hydroxylation is 2. The van der Waals surface area contributed by atoms with Crippen molar-refractivity contribution in [2.24, 2.45) is 23.7 Å². The number of ketones is 1. The van der Waals surface area contributed by atoms with E-state index in [2.05, 4.69) is 43.4 Å². The predicted molar refractivity (Wildman–Crippen MR) is 243 cm³/mol. The molecular weight excluding hydrogens is 757 g/mol. The van der Waals surface area contributed by atoms with Gasteiger partial charge in [0.15, 0.2) is 16.0 Å². The fourth-order valence-corrected chi connectivity index (χ4v) is 14.7. The van der Waals surface area contributed by atoms with E-state index in [1.165, 1.54) is 163 Å². The number of rotatable bonds is 16. The molecule has 2 aromatic rings.